The lowest BCUT2D eigenvalue weighted by Gasteiger charge is -2.23. The number of benzene rings is 2. The molecule has 3 aromatic rings. The molecular formula is C20H22N4OS2. The smallest absolute Gasteiger partial charge is 0.240 e. The van der Waals surface area contributed by atoms with Crippen LogP contribution >= 0.6 is 23.1 Å². The number of nitrogens with zero attached hydrogens (tertiary/aromatic N) is 3. The van der Waals surface area contributed by atoms with Gasteiger partial charge in [-0.3, -0.25) is 4.79 Å². The van der Waals surface area contributed by atoms with Crippen molar-refractivity contribution in [3.63, 3.8) is 0 Å². The molecule has 1 N–H and O–H groups in total. The van der Waals surface area contributed by atoms with Crippen LogP contribution < -0.4 is 10.2 Å². The molecule has 0 unspecified atom stereocenters. The number of nitrogens with one attached hydrogen (secondary N) is 1. The molecule has 5 nitrogen and oxygen atoms in total. The molecule has 0 spiro atoms. The summed E-state index contributed by atoms with van der Waals surface area (Å²) < 4.78 is 0.774. The van der Waals surface area contributed by atoms with Crippen LogP contribution in [0.15, 0.2) is 58.9 Å². The van der Waals surface area contributed by atoms with Crippen molar-refractivity contribution in [3.8, 4) is 0 Å². The van der Waals surface area contributed by atoms with E-state index in [4.69, 9.17) is 0 Å². The van der Waals surface area contributed by atoms with Gasteiger partial charge in [-0.2, -0.15) is 0 Å². The van der Waals surface area contributed by atoms with E-state index in [1.165, 1.54) is 23.1 Å². The minimum Gasteiger partial charge on any atom is -0.330 e. The highest BCUT2D eigenvalue weighted by Gasteiger charge is 2.23. The largest absolute Gasteiger partial charge is 0.330 e. The molecule has 0 aliphatic rings. The van der Waals surface area contributed by atoms with E-state index >= 15 is 0 Å². The zero-order valence-corrected chi connectivity index (χ0v) is 17.2. The molecule has 0 aliphatic carbocycles. The standard InChI is InChI=1S/C20H22N4OS2/c1-4-24(16-11-6-5-7-12-16)18(25)15(3)26-20-23-22-19(27-20)21-17-13-9-8-10-14(17)2/h5-13,15H,4H2,1-3H3,(H,21,22)/t15-/m1/s1. The SMILES string of the molecule is CCN(C(=O)[C@@H](C)Sc1nnc(Nc2ccccc2C)s1)c1ccccc1. The lowest BCUT2D eigenvalue weighted by molar-refractivity contribution is -0.117. The van der Waals surface area contributed by atoms with E-state index in [1.807, 2.05) is 75.4 Å². The van der Waals surface area contributed by atoms with Crippen molar-refractivity contribution in [2.45, 2.75) is 30.4 Å². The fourth-order valence-electron chi connectivity index (χ4n) is 2.63. The van der Waals surface area contributed by atoms with Crippen LogP contribution in [0.25, 0.3) is 0 Å². The van der Waals surface area contributed by atoms with Gasteiger partial charge in [0.05, 0.1) is 5.25 Å². The van der Waals surface area contributed by atoms with Crippen LogP contribution in [0.2, 0.25) is 0 Å². The van der Waals surface area contributed by atoms with Gasteiger partial charge in [0.15, 0.2) is 4.34 Å². The first kappa shape index (κ1) is 19.4. The Labute approximate surface area is 167 Å². The highest BCUT2D eigenvalue weighted by atomic mass is 32.2. The van der Waals surface area contributed by atoms with Crippen molar-refractivity contribution in [1.82, 2.24) is 10.2 Å². The molecule has 0 saturated heterocycles. The Balaban J connectivity index is 1.66. The third-order valence-electron chi connectivity index (χ3n) is 4.07. The number of carbonyl (C=O) groups is 1. The second-order valence-corrected chi connectivity index (χ2v) is 8.56. The van der Waals surface area contributed by atoms with E-state index in [1.54, 1.807) is 4.90 Å². The average Bonchev–Trinajstić information content (AvgIpc) is 3.12. The first-order valence-electron chi connectivity index (χ1n) is 8.77. The van der Waals surface area contributed by atoms with Crippen LogP contribution in [0.4, 0.5) is 16.5 Å². The molecule has 7 heteroatoms. The summed E-state index contributed by atoms with van der Waals surface area (Å²) >= 11 is 2.90. The molecule has 0 aliphatic heterocycles. The molecule has 1 aromatic heterocycles. The van der Waals surface area contributed by atoms with E-state index in [9.17, 15) is 4.79 Å². The Morgan fingerprint density at radius 1 is 1.15 bits per heavy atom. The number of hydrogen-bond acceptors (Lipinski definition) is 6. The lowest BCUT2D eigenvalue weighted by atomic mass is 10.2. The third-order valence-corrected chi connectivity index (χ3v) is 6.08. The quantitative estimate of drug-likeness (QED) is 0.560. The molecule has 0 fully saturated rings. The Hall–Kier alpha value is -2.38. The fourth-order valence-corrected chi connectivity index (χ4v) is 4.60. The topological polar surface area (TPSA) is 58.1 Å². The molecule has 140 valence electrons. The number of rotatable bonds is 7. The molecule has 1 heterocycles. The number of amides is 1. The molecule has 27 heavy (non-hydrogen) atoms. The minimum absolute atomic E-state index is 0.0670. The summed E-state index contributed by atoms with van der Waals surface area (Å²) in [5.41, 5.74) is 3.07. The molecule has 0 saturated carbocycles. The van der Waals surface area contributed by atoms with E-state index < -0.39 is 0 Å². The Morgan fingerprint density at radius 3 is 2.56 bits per heavy atom. The number of aromatic nitrogens is 2. The van der Waals surface area contributed by atoms with Crippen molar-refractivity contribution in [2.75, 3.05) is 16.8 Å². The van der Waals surface area contributed by atoms with Crippen LogP contribution in [-0.2, 0) is 4.79 Å². The minimum atomic E-state index is -0.246. The summed E-state index contributed by atoms with van der Waals surface area (Å²) in [6.07, 6.45) is 0. The highest BCUT2D eigenvalue weighted by molar-refractivity contribution is 8.02. The summed E-state index contributed by atoms with van der Waals surface area (Å²) in [7, 11) is 0. The Morgan fingerprint density at radius 2 is 1.85 bits per heavy atom. The van der Waals surface area contributed by atoms with Gasteiger partial charge in [-0.05, 0) is 44.5 Å². The second kappa shape index (κ2) is 9.01. The van der Waals surface area contributed by atoms with Gasteiger partial charge < -0.3 is 10.2 Å². The molecule has 0 radical (unpaired) electrons. The van der Waals surface area contributed by atoms with Gasteiger partial charge in [0.25, 0.3) is 0 Å². The predicted octanol–water partition coefficient (Wildman–Crippen LogP) is 5.12. The van der Waals surface area contributed by atoms with Crippen molar-refractivity contribution in [3.05, 3.63) is 60.2 Å². The number of hydrogen-bond donors (Lipinski definition) is 1. The van der Waals surface area contributed by atoms with E-state index in [0.717, 1.165) is 26.4 Å². The predicted molar refractivity (Wildman–Crippen MR) is 114 cm³/mol. The Bertz CT molecular complexity index is 898. The molecular weight excluding hydrogens is 376 g/mol. The summed E-state index contributed by atoms with van der Waals surface area (Å²) in [5, 5.41) is 12.2. The van der Waals surface area contributed by atoms with Crippen LogP contribution in [0.5, 0.6) is 0 Å². The van der Waals surface area contributed by atoms with Crippen molar-refractivity contribution in [2.24, 2.45) is 0 Å². The number of carbonyl (C=O) groups excluding carboxylic acids is 1. The first-order chi connectivity index (χ1) is 13.1. The normalized spacial score (nSPS) is 11.8. The van der Waals surface area contributed by atoms with E-state index in [-0.39, 0.29) is 11.2 Å². The lowest BCUT2D eigenvalue weighted by Crippen LogP contribution is -2.36. The van der Waals surface area contributed by atoms with Crippen LogP contribution in [0, 0.1) is 6.92 Å². The molecule has 1 amide bonds. The van der Waals surface area contributed by atoms with Crippen LogP contribution in [0.1, 0.15) is 19.4 Å². The zero-order valence-electron chi connectivity index (χ0n) is 15.5. The first-order valence-corrected chi connectivity index (χ1v) is 10.5. The molecule has 0 bridgehead atoms. The van der Waals surface area contributed by atoms with Gasteiger partial charge in [-0.25, -0.2) is 0 Å². The highest BCUT2D eigenvalue weighted by Crippen LogP contribution is 2.32. The zero-order chi connectivity index (χ0) is 19.2. The summed E-state index contributed by atoms with van der Waals surface area (Å²) in [6.45, 7) is 6.57. The molecule has 2 aromatic carbocycles. The maximum absolute atomic E-state index is 12.9. The number of thioether (sulfide) groups is 1. The van der Waals surface area contributed by atoms with Crippen LogP contribution in [0.3, 0.4) is 0 Å². The monoisotopic (exact) mass is 398 g/mol. The van der Waals surface area contributed by atoms with Gasteiger partial charge >= 0.3 is 0 Å². The van der Waals surface area contributed by atoms with Crippen LogP contribution in [-0.4, -0.2) is 27.9 Å². The van der Waals surface area contributed by atoms with Gasteiger partial charge in [0.1, 0.15) is 0 Å². The van der Waals surface area contributed by atoms with E-state index in [2.05, 4.69) is 15.5 Å². The van der Waals surface area contributed by atoms with Gasteiger partial charge in [0.2, 0.25) is 11.0 Å². The van der Waals surface area contributed by atoms with E-state index in [0.29, 0.717) is 6.54 Å². The number of para-hydroxylation sites is 2. The summed E-state index contributed by atoms with van der Waals surface area (Å²) in [5.74, 6) is 0.0670. The third kappa shape index (κ3) is 4.87. The molecule has 1 atom stereocenters. The van der Waals surface area contributed by atoms with Gasteiger partial charge in [-0.1, -0.05) is 59.5 Å². The summed E-state index contributed by atoms with van der Waals surface area (Å²) in [4.78, 5) is 14.7. The average molecular weight is 399 g/mol. The van der Waals surface area contributed by atoms with Crippen molar-refractivity contribution < 1.29 is 4.79 Å². The van der Waals surface area contributed by atoms with Gasteiger partial charge in [0, 0.05) is 17.9 Å². The maximum Gasteiger partial charge on any atom is 0.240 e. The fraction of sp³-hybridized carbons (Fsp3) is 0.250. The summed E-state index contributed by atoms with van der Waals surface area (Å²) in [6, 6.07) is 17.8. The van der Waals surface area contributed by atoms with Crippen molar-refractivity contribution in [1.29, 1.82) is 0 Å². The maximum atomic E-state index is 12.9. The number of aryl methyl sites for hydroxylation is 1. The van der Waals surface area contributed by atoms with Gasteiger partial charge in [-0.15, -0.1) is 10.2 Å². The number of anilines is 3. The second-order valence-electron chi connectivity index (χ2n) is 5.99. The Kier molecular flexibility index (Phi) is 6.47. The van der Waals surface area contributed by atoms with Crippen molar-refractivity contribution >= 4 is 45.5 Å². The molecule has 3 rings (SSSR count).